The molecule has 1 heterocycles. The Labute approximate surface area is 144 Å². The van der Waals surface area contributed by atoms with Crippen LogP contribution in [0.15, 0.2) is 30.3 Å². The highest BCUT2D eigenvalue weighted by Crippen LogP contribution is 2.22. The number of phenolic OH excluding ortho intramolecular Hbond substituents is 1. The molecule has 0 aliphatic carbocycles. The zero-order chi connectivity index (χ0) is 14.3. The average Bonchev–Trinajstić information content (AvgIpc) is 2.83. The minimum atomic E-state index is 0.253. The molecule has 2 aromatic carbocycles. The van der Waals surface area contributed by atoms with Gasteiger partial charge >= 0.3 is 0 Å². The van der Waals surface area contributed by atoms with Crippen LogP contribution in [0.3, 0.4) is 0 Å². The molecular weight excluding hydrogens is 479 g/mol. The highest BCUT2D eigenvalue weighted by molar-refractivity contribution is 14.1. The van der Waals surface area contributed by atoms with Gasteiger partial charge in [-0.05, 0) is 74.9 Å². The Morgan fingerprint density at radius 2 is 1.80 bits per heavy atom. The van der Waals surface area contributed by atoms with Crippen molar-refractivity contribution in [3.05, 3.63) is 37.5 Å². The number of fused-ring (bicyclic) bond motifs is 1. The molecule has 4 nitrogen and oxygen atoms in total. The first-order chi connectivity index (χ1) is 9.58. The summed E-state index contributed by atoms with van der Waals surface area (Å²) in [6, 6.07) is 9.77. The van der Waals surface area contributed by atoms with Crippen molar-refractivity contribution in [2.45, 2.75) is 6.82 Å². The van der Waals surface area contributed by atoms with E-state index < -0.39 is 0 Å². The van der Waals surface area contributed by atoms with Crippen LogP contribution < -0.4 is 5.46 Å². The van der Waals surface area contributed by atoms with E-state index in [2.05, 4.69) is 55.4 Å². The quantitative estimate of drug-likeness (QED) is 0.445. The monoisotopic (exact) mass is 489 g/mol. The molecule has 7 heteroatoms. The van der Waals surface area contributed by atoms with Crippen LogP contribution in [-0.2, 0) is 0 Å². The van der Waals surface area contributed by atoms with Gasteiger partial charge in [0.2, 0.25) is 0 Å². The topological polar surface area (TPSA) is 50.9 Å². The molecule has 0 atom stereocenters. The minimum absolute atomic E-state index is 0.253. The van der Waals surface area contributed by atoms with E-state index in [9.17, 15) is 5.11 Å². The Kier molecular flexibility index (Phi) is 3.89. The van der Waals surface area contributed by atoms with Crippen molar-refractivity contribution in [2.75, 3.05) is 0 Å². The maximum Gasteiger partial charge on any atom is 0.159 e. The van der Waals surface area contributed by atoms with E-state index in [4.69, 9.17) is 0 Å². The lowest BCUT2D eigenvalue weighted by Crippen LogP contribution is -2.15. The Morgan fingerprint density at radius 1 is 1.05 bits per heavy atom. The molecule has 0 aliphatic heterocycles. The summed E-state index contributed by atoms with van der Waals surface area (Å²) in [7, 11) is 0.772. The van der Waals surface area contributed by atoms with Gasteiger partial charge in [-0.15, -0.1) is 15.0 Å². The predicted octanol–water partition coefficient (Wildman–Crippen LogP) is 2.45. The Hall–Kier alpha value is -0.835. The van der Waals surface area contributed by atoms with Crippen LogP contribution >= 0.6 is 45.2 Å². The van der Waals surface area contributed by atoms with Crippen LogP contribution in [-0.4, -0.2) is 27.4 Å². The second-order valence-electron chi connectivity index (χ2n) is 4.41. The molecule has 3 rings (SSSR count). The summed E-state index contributed by atoms with van der Waals surface area (Å²) in [5.74, 6) is 0.253. The molecule has 0 spiro atoms. The summed E-state index contributed by atoms with van der Waals surface area (Å²) >= 11 is 4.49. The molecule has 0 fully saturated rings. The predicted molar refractivity (Wildman–Crippen MR) is 98.6 cm³/mol. The number of halogens is 2. The van der Waals surface area contributed by atoms with Crippen molar-refractivity contribution in [3.8, 4) is 11.4 Å². The van der Waals surface area contributed by atoms with Crippen molar-refractivity contribution in [3.63, 3.8) is 0 Å². The molecular formula is C13H10BI2N3O. The number of aromatic nitrogens is 3. The van der Waals surface area contributed by atoms with Crippen LogP contribution in [0.4, 0.5) is 0 Å². The van der Waals surface area contributed by atoms with Gasteiger partial charge in [0.25, 0.3) is 0 Å². The number of hydrogen-bond acceptors (Lipinski definition) is 3. The number of phenols is 1. The van der Waals surface area contributed by atoms with Gasteiger partial charge < -0.3 is 5.11 Å². The molecule has 0 saturated heterocycles. The molecule has 0 radical (unpaired) electrons. The van der Waals surface area contributed by atoms with Crippen LogP contribution in [0.25, 0.3) is 16.7 Å². The molecule has 1 aromatic heterocycles. The number of aromatic hydroxyl groups is 1. The van der Waals surface area contributed by atoms with Gasteiger partial charge in [-0.2, -0.15) is 0 Å². The fourth-order valence-corrected chi connectivity index (χ4v) is 3.20. The fourth-order valence-electron chi connectivity index (χ4n) is 2.06. The maximum absolute atomic E-state index is 10.3. The zero-order valence-electron chi connectivity index (χ0n) is 10.6. The van der Waals surface area contributed by atoms with Crippen molar-refractivity contribution in [2.24, 2.45) is 0 Å². The molecule has 0 bridgehead atoms. The SMILES string of the molecule is CBc1cc(I)cc(-n2nc3ccc(I)cc3n2)c1O. The summed E-state index contributed by atoms with van der Waals surface area (Å²) in [5.41, 5.74) is 3.18. The van der Waals surface area contributed by atoms with E-state index in [0.29, 0.717) is 5.69 Å². The molecule has 3 aromatic rings. The molecule has 0 aliphatic rings. The second kappa shape index (κ2) is 5.51. The van der Waals surface area contributed by atoms with Crippen molar-refractivity contribution in [1.82, 2.24) is 15.0 Å². The first kappa shape index (κ1) is 14.1. The summed E-state index contributed by atoms with van der Waals surface area (Å²) in [5, 5.41) is 19.2. The van der Waals surface area contributed by atoms with Crippen LogP contribution in [0.5, 0.6) is 5.75 Å². The standard InChI is InChI=1S/C13H10BI2N3O/c1-14-9-4-8(16)6-12(13(9)20)19-17-10-3-2-7(15)5-11(10)18-19/h2-6,14,20H,1H3. The Balaban J connectivity index is 2.22. The van der Waals surface area contributed by atoms with E-state index in [1.165, 1.54) is 4.80 Å². The van der Waals surface area contributed by atoms with Crippen molar-refractivity contribution < 1.29 is 5.11 Å². The van der Waals surface area contributed by atoms with Crippen molar-refractivity contribution in [1.29, 1.82) is 0 Å². The van der Waals surface area contributed by atoms with Gasteiger partial charge in [-0.3, -0.25) is 0 Å². The normalized spacial score (nSPS) is 10.9. The molecule has 1 N–H and O–H groups in total. The highest BCUT2D eigenvalue weighted by atomic mass is 127. The lowest BCUT2D eigenvalue weighted by Gasteiger charge is -2.08. The minimum Gasteiger partial charge on any atom is -0.506 e. The van der Waals surface area contributed by atoms with Gasteiger partial charge in [0.15, 0.2) is 7.28 Å². The first-order valence-electron chi connectivity index (χ1n) is 6.13. The van der Waals surface area contributed by atoms with Crippen LogP contribution in [0, 0.1) is 7.14 Å². The zero-order valence-corrected chi connectivity index (χ0v) is 15.0. The molecule has 100 valence electrons. The smallest absolute Gasteiger partial charge is 0.159 e. The third kappa shape index (κ3) is 2.52. The summed E-state index contributed by atoms with van der Waals surface area (Å²) in [6.07, 6.45) is 0. The molecule has 0 unspecified atom stereocenters. The van der Waals surface area contributed by atoms with E-state index in [1.807, 2.05) is 37.2 Å². The fraction of sp³-hybridized carbons (Fsp3) is 0.0769. The first-order valence-corrected chi connectivity index (χ1v) is 8.28. The Morgan fingerprint density at radius 3 is 2.55 bits per heavy atom. The molecule has 20 heavy (non-hydrogen) atoms. The molecule has 0 saturated carbocycles. The van der Waals surface area contributed by atoms with Crippen LogP contribution in [0.1, 0.15) is 0 Å². The summed E-state index contributed by atoms with van der Waals surface area (Å²) < 4.78 is 2.17. The largest absolute Gasteiger partial charge is 0.506 e. The average molecular weight is 489 g/mol. The van der Waals surface area contributed by atoms with Gasteiger partial charge in [-0.25, -0.2) is 0 Å². The van der Waals surface area contributed by atoms with Gasteiger partial charge in [-0.1, -0.05) is 12.9 Å². The summed E-state index contributed by atoms with van der Waals surface area (Å²) in [6.45, 7) is 2.02. The number of benzene rings is 2. The van der Waals surface area contributed by atoms with Gasteiger partial charge in [0.1, 0.15) is 22.5 Å². The number of nitrogens with zero attached hydrogens (tertiary/aromatic N) is 3. The van der Waals surface area contributed by atoms with Crippen LogP contribution in [0.2, 0.25) is 6.82 Å². The van der Waals surface area contributed by atoms with Gasteiger partial charge in [0.05, 0.1) is 0 Å². The van der Waals surface area contributed by atoms with Gasteiger partial charge in [0, 0.05) is 7.14 Å². The second-order valence-corrected chi connectivity index (χ2v) is 6.90. The van der Waals surface area contributed by atoms with E-state index >= 15 is 0 Å². The van der Waals surface area contributed by atoms with E-state index in [-0.39, 0.29) is 5.75 Å². The molecule has 0 amide bonds. The highest BCUT2D eigenvalue weighted by Gasteiger charge is 2.13. The Bertz CT molecular complexity index is 804. The third-order valence-electron chi connectivity index (χ3n) is 3.07. The number of rotatable bonds is 2. The number of hydrogen-bond donors (Lipinski definition) is 1. The lowest BCUT2D eigenvalue weighted by molar-refractivity contribution is 0.472. The third-order valence-corrected chi connectivity index (χ3v) is 4.37. The van der Waals surface area contributed by atoms with Crippen molar-refractivity contribution >= 4 is 69.0 Å². The lowest BCUT2D eigenvalue weighted by atomic mass is 9.72. The van der Waals surface area contributed by atoms with E-state index in [1.54, 1.807) is 0 Å². The van der Waals surface area contributed by atoms with E-state index in [0.717, 1.165) is 30.9 Å². The maximum atomic E-state index is 10.3. The summed E-state index contributed by atoms with van der Waals surface area (Å²) in [4.78, 5) is 1.51.